The van der Waals surface area contributed by atoms with Crippen molar-refractivity contribution in [3.63, 3.8) is 0 Å². The van der Waals surface area contributed by atoms with Crippen molar-refractivity contribution in [1.82, 2.24) is 4.90 Å². The standard InChI is InChI=1S/C14H17NO2S/c1-11(9-12-5-4-8-18-12)15(2)10-13(16)14-6-3-7-17-14/h3-8,11H,9-10H2,1-2H3. The highest BCUT2D eigenvalue weighted by molar-refractivity contribution is 7.09. The number of Topliss-reactive ketones (excluding diaryl/α,β-unsaturated/α-hetero) is 1. The smallest absolute Gasteiger partial charge is 0.211 e. The minimum atomic E-state index is 0.0283. The number of hydrogen-bond acceptors (Lipinski definition) is 4. The molecule has 0 radical (unpaired) electrons. The summed E-state index contributed by atoms with van der Waals surface area (Å²) < 4.78 is 5.11. The fraction of sp³-hybridized carbons (Fsp3) is 0.357. The second-order valence-electron chi connectivity index (χ2n) is 4.45. The number of hydrogen-bond donors (Lipinski definition) is 0. The summed E-state index contributed by atoms with van der Waals surface area (Å²) in [5.74, 6) is 0.464. The minimum Gasteiger partial charge on any atom is -0.461 e. The molecule has 0 aliphatic carbocycles. The summed E-state index contributed by atoms with van der Waals surface area (Å²) in [4.78, 5) is 15.3. The van der Waals surface area contributed by atoms with Crippen molar-refractivity contribution in [2.45, 2.75) is 19.4 Å². The zero-order chi connectivity index (χ0) is 13.0. The summed E-state index contributed by atoms with van der Waals surface area (Å²) in [6, 6.07) is 7.97. The van der Waals surface area contributed by atoms with Crippen molar-refractivity contribution in [1.29, 1.82) is 0 Å². The Hall–Kier alpha value is -1.39. The Morgan fingerprint density at radius 2 is 2.28 bits per heavy atom. The Balaban J connectivity index is 1.87. The Morgan fingerprint density at radius 1 is 1.44 bits per heavy atom. The fourth-order valence-corrected chi connectivity index (χ4v) is 2.60. The van der Waals surface area contributed by atoms with Gasteiger partial charge in [0.15, 0.2) is 5.76 Å². The third-order valence-corrected chi connectivity index (χ3v) is 3.92. The lowest BCUT2D eigenvalue weighted by Crippen LogP contribution is -2.35. The second kappa shape index (κ2) is 5.98. The maximum absolute atomic E-state index is 11.9. The van der Waals surface area contributed by atoms with Gasteiger partial charge in [-0.2, -0.15) is 0 Å². The van der Waals surface area contributed by atoms with E-state index in [2.05, 4.69) is 29.3 Å². The number of furan rings is 1. The monoisotopic (exact) mass is 263 g/mol. The molecule has 0 bridgehead atoms. The molecule has 2 heterocycles. The molecule has 0 saturated carbocycles. The van der Waals surface area contributed by atoms with Gasteiger partial charge in [-0.1, -0.05) is 6.07 Å². The lowest BCUT2D eigenvalue weighted by Gasteiger charge is -2.23. The Labute approximate surface area is 111 Å². The maximum atomic E-state index is 11.9. The molecule has 0 aromatic carbocycles. The van der Waals surface area contributed by atoms with Crippen LogP contribution in [-0.4, -0.2) is 30.3 Å². The number of thiophene rings is 1. The predicted molar refractivity (Wildman–Crippen MR) is 73.2 cm³/mol. The topological polar surface area (TPSA) is 33.5 Å². The van der Waals surface area contributed by atoms with E-state index in [-0.39, 0.29) is 5.78 Å². The van der Waals surface area contributed by atoms with Crippen LogP contribution in [0.4, 0.5) is 0 Å². The average molecular weight is 263 g/mol. The van der Waals surface area contributed by atoms with Gasteiger partial charge in [0.2, 0.25) is 5.78 Å². The molecule has 2 aromatic rings. The molecule has 0 N–H and O–H groups in total. The molecule has 2 rings (SSSR count). The first-order valence-corrected chi connectivity index (χ1v) is 6.84. The van der Waals surface area contributed by atoms with Crippen molar-refractivity contribution in [3.05, 3.63) is 46.5 Å². The van der Waals surface area contributed by atoms with E-state index in [1.807, 2.05) is 7.05 Å². The molecule has 18 heavy (non-hydrogen) atoms. The number of carbonyl (C=O) groups is 1. The second-order valence-corrected chi connectivity index (χ2v) is 5.48. The van der Waals surface area contributed by atoms with E-state index in [9.17, 15) is 4.79 Å². The molecule has 3 nitrogen and oxygen atoms in total. The molecular weight excluding hydrogens is 246 g/mol. The normalized spacial score (nSPS) is 12.8. The van der Waals surface area contributed by atoms with Gasteiger partial charge in [-0.05, 0) is 44.0 Å². The lowest BCUT2D eigenvalue weighted by molar-refractivity contribution is 0.0897. The summed E-state index contributed by atoms with van der Waals surface area (Å²) in [5, 5.41) is 2.08. The quantitative estimate of drug-likeness (QED) is 0.751. The van der Waals surface area contributed by atoms with Crippen LogP contribution in [-0.2, 0) is 6.42 Å². The van der Waals surface area contributed by atoms with Crippen LogP contribution in [0, 0.1) is 0 Å². The van der Waals surface area contributed by atoms with Gasteiger partial charge < -0.3 is 4.42 Å². The van der Waals surface area contributed by atoms with Crippen LogP contribution in [0.3, 0.4) is 0 Å². The molecule has 2 aromatic heterocycles. The minimum absolute atomic E-state index is 0.0283. The van der Waals surface area contributed by atoms with Crippen molar-refractivity contribution in [3.8, 4) is 0 Å². The van der Waals surface area contributed by atoms with Gasteiger partial charge in [-0.25, -0.2) is 0 Å². The van der Waals surface area contributed by atoms with Gasteiger partial charge in [0, 0.05) is 10.9 Å². The lowest BCUT2D eigenvalue weighted by atomic mass is 10.1. The number of ketones is 1. The first kappa shape index (κ1) is 13.1. The van der Waals surface area contributed by atoms with Gasteiger partial charge in [-0.15, -0.1) is 11.3 Å². The van der Waals surface area contributed by atoms with E-state index in [1.165, 1.54) is 11.1 Å². The zero-order valence-corrected chi connectivity index (χ0v) is 11.4. The first-order chi connectivity index (χ1) is 8.66. The Bertz CT molecular complexity index is 476. The van der Waals surface area contributed by atoms with E-state index in [0.29, 0.717) is 18.3 Å². The van der Waals surface area contributed by atoms with Crippen LogP contribution in [0.5, 0.6) is 0 Å². The largest absolute Gasteiger partial charge is 0.461 e. The van der Waals surface area contributed by atoms with Gasteiger partial charge >= 0.3 is 0 Å². The molecule has 0 spiro atoms. The van der Waals surface area contributed by atoms with Crippen molar-refractivity contribution in [2.75, 3.05) is 13.6 Å². The highest BCUT2D eigenvalue weighted by atomic mass is 32.1. The third-order valence-electron chi connectivity index (χ3n) is 3.02. The van der Waals surface area contributed by atoms with E-state index in [4.69, 9.17) is 4.42 Å². The summed E-state index contributed by atoms with van der Waals surface area (Å²) >= 11 is 1.76. The number of rotatable bonds is 6. The average Bonchev–Trinajstić information content (AvgIpc) is 3.01. The molecule has 1 unspecified atom stereocenters. The fourth-order valence-electron chi connectivity index (χ4n) is 1.77. The van der Waals surface area contributed by atoms with Gasteiger partial charge in [0.1, 0.15) is 0 Å². The van der Waals surface area contributed by atoms with Crippen LogP contribution in [0.25, 0.3) is 0 Å². The molecule has 0 aliphatic rings. The molecule has 0 saturated heterocycles. The number of nitrogens with zero attached hydrogens (tertiary/aromatic N) is 1. The SMILES string of the molecule is CC(Cc1cccs1)N(C)CC(=O)c1ccco1. The van der Waals surface area contributed by atoms with Crippen LogP contribution in [0.1, 0.15) is 22.4 Å². The number of carbonyl (C=O) groups excluding carboxylic acids is 1. The highest BCUT2D eigenvalue weighted by Crippen LogP contribution is 2.14. The van der Waals surface area contributed by atoms with E-state index in [1.54, 1.807) is 23.5 Å². The zero-order valence-electron chi connectivity index (χ0n) is 10.6. The van der Waals surface area contributed by atoms with E-state index in [0.717, 1.165) is 6.42 Å². The van der Waals surface area contributed by atoms with Crippen molar-refractivity contribution < 1.29 is 9.21 Å². The summed E-state index contributed by atoms with van der Waals surface area (Å²) in [6.45, 7) is 2.52. The van der Waals surface area contributed by atoms with Gasteiger partial charge in [0.25, 0.3) is 0 Å². The molecule has 1 atom stereocenters. The summed E-state index contributed by atoms with van der Waals surface area (Å²) in [7, 11) is 1.97. The van der Waals surface area contributed by atoms with Crippen LogP contribution >= 0.6 is 11.3 Å². The molecule has 0 aliphatic heterocycles. The van der Waals surface area contributed by atoms with Crippen LogP contribution in [0.2, 0.25) is 0 Å². The van der Waals surface area contributed by atoms with E-state index >= 15 is 0 Å². The van der Waals surface area contributed by atoms with Gasteiger partial charge in [0.05, 0.1) is 12.8 Å². The maximum Gasteiger partial charge on any atom is 0.211 e. The highest BCUT2D eigenvalue weighted by Gasteiger charge is 2.16. The first-order valence-electron chi connectivity index (χ1n) is 5.96. The van der Waals surface area contributed by atoms with Crippen LogP contribution < -0.4 is 0 Å². The molecule has 0 amide bonds. The Kier molecular flexibility index (Phi) is 4.33. The predicted octanol–water partition coefficient (Wildman–Crippen LogP) is 3.09. The molecular formula is C14H17NO2S. The van der Waals surface area contributed by atoms with Crippen molar-refractivity contribution in [2.24, 2.45) is 0 Å². The van der Waals surface area contributed by atoms with E-state index < -0.39 is 0 Å². The summed E-state index contributed by atoms with van der Waals surface area (Å²) in [5.41, 5.74) is 0. The van der Waals surface area contributed by atoms with Crippen molar-refractivity contribution >= 4 is 17.1 Å². The third kappa shape index (κ3) is 3.31. The number of likely N-dealkylation sites (N-methyl/N-ethyl adjacent to an activating group) is 1. The summed E-state index contributed by atoms with van der Waals surface area (Å²) in [6.07, 6.45) is 2.50. The molecule has 96 valence electrons. The van der Waals surface area contributed by atoms with Crippen LogP contribution in [0.15, 0.2) is 40.3 Å². The van der Waals surface area contributed by atoms with Gasteiger partial charge in [-0.3, -0.25) is 9.69 Å². The molecule has 4 heteroatoms. The molecule has 0 fully saturated rings. The Morgan fingerprint density at radius 3 is 2.89 bits per heavy atom.